The first-order valence-corrected chi connectivity index (χ1v) is 8.48. The van der Waals surface area contributed by atoms with Crippen molar-refractivity contribution < 1.29 is 14.3 Å². The number of benzene rings is 2. The van der Waals surface area contributed by atoms with Crippen LogP contribution >= 0.6 is 23.2 Å². The van der Waals surface area contributed by atoms with Crippen molar-refractivity contribution >= 4 is 34.8 Å². The summed E-state index contributed by atoms with van der Waals surface area (Å²) in [6.45, 7) is 2.43. The Morgan fingerprint density at radius 3 is 2.83 bits per heavy atom. The molecule has 3 rings (SSSR count). The Morgan fingerprint density at radius 2 is 2.08 bits per heavy atom. The number of para-hydroxylation sites is 2. The van der Waals surface area contributed by atoms with Crippen LogP contribution < -0.4 is 14.4 Å². The second-order valence-corrected chi connectivity index (χ2v) is 6.33. The standard InChI is InChI=1S/C18H17Cl2NO3/c1-2-13-10-21(15-5-3-4-6-17(15)24-13)18(22)11-23-16-8-7-12(19)9-14(16)20/h3-9,13H,2,10-11H2,1H3. The highest BCUT2D eigenvalue weighted by Gasteiger charge is 2.28. The maximum Gasteiger partial charge on any atom is 0.265 e. The van der Waals surface area contributed by atoms with Crippen molar-refractivity contribution in [2.24, 2.45) is 0 Å². The number of ether oxygens (including phenoxy) is 2. The molecule has 0 aliphatic carbocycles. The molecule has 2 aromatic carbocycles. The number of amides is 1. The summed E-state index contributed by atoms with van der Waals surface area (Å²) in [4.78, 5) is 14.4. The summed E-state index contributed by atoms with van der Waals surface area (Å²) >= 11 is 11.9. The van der Waals surface area contributed by atoms with E-state index in [-0.39, 0.29) is 18.6 Å². The lowest BCUT2D eigenvalue weighted by atomic mass is 10.1. The Hall–Kier alpha value is -1.91. The molecule has 0 spiro atoms. The molecule has 1 aliphatic heterocycles. The van der Waals surface area contributed by atoms with Crippen molar-refractivity contribution in [1.82, 2.24) is 0 Å². The average molecular weight is 366 g/mol. The molecule has 0 radical (unpaired) electrons. The molecule has 2 aromatic rings. The highest BCUT2D eigenvalue weighted by molar-refractivity contribution is 6.35. The van der Waals surface area contributed by atoms with Crippen LogP contribution in [0.4, 0.5) is 5.69 Å². The van der Waals surface area contributed by atoms with Crippen LogP contribution in [0.25, 0.3) is 0 Å². The van der Waals surface area contributed by atoms with Crippen molar-refractivity contribution in [3.8, 4) is 11.5 Å². The summed E-state index contributed by atoms with van der Waals surface area (Å²) < 4.78 is 11.5. The molecule has 0 saturated heterocycles. The van der Waals surface area contributed by atoms with Gasteiger partial charge in [-0.15, -0.1) is 0 Å². The van der Waals surface area contributed by atoms with Gasteiger partial charge in [-0.05, 0) is 36.8 Å². The number of hydrogen-bond acceptors (Lipinski definition) is 3. The molecule has 126 valence electrons. The van der Waals surface area contributed by atoms with Gasteiger partial charge in [0.05, 0.1) is 17.3 Å². The van der Waals surface area contributed by atoms with E-state index >= 15 is 0 Å². The summed E-state index contributed by atoms with van der Waals surface area (Å²) in [5.74, 6) is 1.01. The minimum Gasteiger partial charge on any atom is -0.486 e. The van der Waals surface area contributed by atoms with Gasteiger partial charge in [0.2, 0.25) is 0 Å². The summed E-state index contributed by atoms with van der Waals surface area (Å²) in [7, 11) is 0. The lowest BCUT2D eigenvalue weighted by Crippen LogP contribution is -2.45. The van der Waals surface area contributed by atoms with Crippen molar-refractivity contribution in [1.29, 1.82) is 0 Å². The van der Waals surface area contributed by atoms with Gasteiger partial charge in [-0.3, -0.25) is 4.79 Å². The predicted molar refractivity (Wildman–Crippen MR) is 95.5 cm³/mol. The fourth-order valence-electron chi connectivity index (χ4n) is 2.56. The minimum absolute atomic E-state index is 0.0250. The Labute approximate surface area is 150 Å². The molecular formula is C18H17Cl2NO3. The second kappa shape index (κ2) is 7.32. The quantitative estimate of drug-likeness (QED) is 0.795. The maximum absolute atomic E-state index is 12.7. The Kier molecular flexibility index (Phi) is 5.17. The molecule has 6 heteroatoms. The van der Waals surface area contributed by atoms with E-state index in [1.165, 1.54) is 0 Å². The average Bonchev–Trinajstić information content (AvgIpc) is 2.59. The van der Waals surface area contributed by atoms with Gasteiger partial charge in [-0.2, -0.15) is 0 Å². The van der Waals surface area contributed by atoms with Gasteiger partial charge in [0.1, 0.15) is 17.6 Å². The molecule has 0 bridgehead atoms. The molecule has 1 unspecified atom stereocenters. The lowest BCUT2D eigenvalue weighted by molar-refractivity contribution is -0.121. The number of rotatable bonds is 4. The third-order valence-electron chi connectivity index (χ3n) is 3.84. The SMILES string of the molecule is CCC1CN(C(=O)COc2ccc(Cl)cc2Cl)c2ccccc2O1. The fraction of sp³-hybridized carbons (Fsp3) is 0.278. The Morgan fingerprint density at radius 1 is 1.29 bits per heavy atom. The zero-order valence-electron chi connectivity index (χ0n) is 13.2. The first-order valence-electron chi connectivity index (χ1n) is 7.72. The van der Waals surface area contributed by atoms with Gasteiger partial charge in [-0.1, -0.05) is 42.3 Å². The molecule has 1 heterocycles. The molecule has 4 nitrogen and oxygen atoms in total. The van der Waals surface area contributed by atoms with Crippen LogP contribution in [0.1, 0.15) is 13.3 Å². The van der Waals surface area contributed by atoms with Crippen LogP contribution in [0.3, 0.4) is 0 Å². The largest absolute Gasteiger partial charge is 0.486 e. The zero-order chi connectivity index (χ0) is 17.1. The molecule has 1 atom stereocenters. The van der Waals surface area contributed by atoms with E-state index in [4.69, 9.17) is 32.7 Å². The first kappa shape index (κ1) is 16.9. The number of anilines is 1. The van der Waals surface area contributed by atoms with Crippen molar-refractivity contribution in [3.63, 3.8) is 0 Å². The third-order valence-corrected chi connectivity index (χ3v) is 4.37. The van der Waals surface area contributed by atoms with E-state index < -0.39 is 0 Å². The van der Waals surface area contributed by atoms with Crippen LogP contribution in [-0.4, -0.2) is 25.2 Å². The second-order valence-electron chi connectivity index (χ2n) is 5.48. The van der Waals surface area contributed by atoms with E-state index in [9.17, 15) is 4.79 Å². The molecule has 24 heavy (non-hydrogen) atoms. The van der Waals surface area contributed by atoms with Gasteiger partial charge in [0, 0.05) is 5.02 Å². The molecule has 0 saturated carbocycles. The molecule has 1 aliphatic rings. The summed E-state index contributed by atoms with van der Waals surface area (Å²) in [6, 6.07) is 12.4. The van der Waals surface area contributed by atoms with Gasteiger partial charge in [0.25, 0.3) is 5.91 Å². The molecular weight excluding hydrogens is 349 g/mol. The lowest BCUT2D eigenvalue weighted by Gasteiger charge is -2.34. The first-order chi connectivity index (χ1) is 11.6. The molecule has 0 N–H and O–H groups in total. The highest BCUT2D eigenvalue weighted by atomic mass is 35.5. The third kappa shape index (κ3) is 3.60. The van der Waals surface area contributed by atoms with Gasteiger partial charge < -0.3 is 14.4 Å². The summed E-state index contributed by atoms with van der Waals surface area (Å²) in [5, 5.41) is 0.899. The van der Waals surface area contributed by atoms with Crippen molar-refractivity contribution in [2.75, 3.05) is 18.1 Å². The van der Waals surface area contributed by atoms with E-state index in [1.54, 1.807) is 23.1 Å². The van der Waals surface area contributed by atoms with Crippen LogP contribution in [0.5, 0.6) is 11.5 Å². The number of carbonyl (C=O) groups is 1. The normalized spacial score (nSPS) is 16.3. The number of carbonyl (C=O) groups excluding carboxylic acids is 1. The predicted octanol–water partition coefficient (Wildman–Crippen LogP) is 4.58. The van der Waals surface area contributed by atoms with Gasteiger partial charge in [0.15, 0.2) is 6.61 Å². The Balaban J connectivity index is 1.74. The van der Waals surface area contributed by atoms with Crippen molar-refractivity contribution in [2.45, 2.75) is 19.4 Å². The van der Waals surface area contributed by atoms with E-state index in [1.807, 2.05) is 31.2 Å². The van der Waals surface area contributed by atoms with Gasteiger partial charge in [-0.25, -0.2) is 0 Å². The van der Waals surface area contributed by atoms with Crippen LogP contribution in [-0.2, 0) is 4.79 Å². The number of hydrogen-bond donors (Lipinski definition) is 0. The highest BCUT2D eigenvalue weighted by Crippen LogP contribution is 2.34. The summed E-state index contributed by atoms with van der Waals surface area (Å²) in [6.07, 6.45) is 0.796. The molecule has 0 aromatic heterocycles. The van der Waals surface area contributed by atoms with Gasteiger partial charge >= 0.3 is 0 Å². The van der Waals surface area contributed by atoms with E-state index in [0.29, 0.717) is 28.1 Å². The monoisotopic (exact) mass is 365 g/mol. The fourth-order valence-corrected chi connectivity index (χ4v) is 3.02. The van der Waals surface area contributed by atoms with E-state index in [2.05, 4.69) is 0 Å². The maximum atomic E-state index is 12.7. The van der Waals surface area contributed by atoms with Crippen molar-refractivity contribution in [3.05, 3.63) is 52.5 Å². The zero-order valence-corrected chi connectivity index (χ0v) is 14.7. The topological polar surface area (TPSA) is 38.8 Å². The molecule has 0 fully saturated rings. The van der Waals surface area contributed by atoms with E-state index in [0.717, 1.165) is 12.1 Å². The van der Waals surface area contributed by atoms with Crippen LogP contribution in [0.2, 0.25) is 10.0 Å². The minimum atomic E-state index is -0.143. The Bertz CT molecular complexity index is 751. The molecule has 1 amide bonds. The number of halogens is 2. The number of nitrogens with zero attached hydrogens (tertiary/aromatic N) is 1. The number of fused-ring (bicyclic) bond motifs is 1. The van der Waals surface area contributed by atoms with Crippen LogP contribution in [0, 0.1) is 0 Å². The summed E-state index contributed by atoms with van der Waals surface area (Å²) in [5.41, 5.74) is 0.762. The van der Waals surface area contributed by atoms with Crippen LogP contribution in [0.15, 0.2) is 42.5 Å². The smallest absolute Gasteiger partial charge is 0.265 e.